The van der Waals surface area contributed by atoms with Gasteiger partial charge in [-0.25, -0.2) is 22.7 Å². The lowest BCUT2D eigenvalue weighted by atomic mass is 10.3. The summed E-state index contributed by atoms with van der Waals surface area (Å²) in [7, 11) is -7.93. The first kappa shape index (κ1) is 23.7. The van der Waals surface area contributed by atoms with Gasteiger partial charge in [-0.2, -0.15) is 8.42 Å². The maximum Gasteiger partial charge on any atom is 0.339 e. The van der Waals surface area contributed by atoms with Gasteiger partial charge in [0.1, 0.15) is 17.2 Å². The molecule has 2 amide bonds. The maximum absolute atomic E-state index is 12.8. The van der Waals surface area contributed by atoms with Gasteiger partial charge in [-0.05, 0) is 49.2 Å². The minimum Gasteiger partial charge on any atom is -0.379 e. The molecular weight excluding hydrogens is 512 g/mol. The standard InChI is InChI=1S/C21H20N6O7S2/c1-35(30,31)27-11-18(28)25-21(27)22-13-4-7-15(8-5-13)36(32,33)34-14-6-9-16-17(10-14)24-20(23-16)26-19(29)12-2-3-12/h4-10,12H,2-3,11H2,1H3,(H,22,25,28)(H2,23,24,26,29). The van der Waals surface area contributed by atoms with Crippen molar-refractivity contribution < 1.29 is 30.6 Å². The van der Waals surface area contributed by atoms with Crippen LogP contribution in [0.15, 0.2) is 52.4 Å². The minimum atomic E-state index is -4.22. The van der Waals surface area contributed by atoms with Crippen LogP contribution in [0.3, 0.4) is 0 Å². The molecule has 2 fully saturated rings. The van der Waals surface area contributed by atoms with E-state index in [4.69, 9.17) is 4.18 Å². The number of benzene rings is 2. The number of amides is 2. The van der Waals surface area contributed by atoms with Crippen LogP contribution in [0.2, 0.25) is 0 Å². The van der Waals surface area contributed by atoms with Gasteiger partial charge in [0.15, 0.2) is 0 Å². The number of nitrogens with one attached hydrogen (secondary N) is 3. The lowest BCUT2D eigenvalue weighted by Crippen LogP contribution is -2.34. The van der Waals surface area contributed by atoms with Crippen molar-refractivity contribution in [3.8, 4) is 5.75 Å². The lowest BCUT2D eigenvalue weighted by molar-refractivity contribution is -0.118. The van der Waals surface area contributed by atoms with Crippen LogP contribution in [0.4, 0.5) is 11.6 Å². The fourth-order valence-corrected chi connectivity index (χ4v) is 5.11. The van der Waals surface area contributed by atoms with Crippen LogP contribution in [-0.2, 0) is 29.7 Å². The fourth-order valence-electron chi connectivity index (χ4n) is 3.44. The molecule has 0 radical (unpaired) electrons. The van der Waals surface area contributed by atoms with Crippen molar-refractivity contribution in [1.82, 2.24) is 19.6 Å². The molecule has 13 nitrogen and oxygen atoms in total. The number of aromatic amines is 1. The average Bonchev–Trinajstić information content (AvgIpc) is 3.47. The number of hydrogen-bond donors (Lipinski definition) is 3. The molecule has 0 spiro atoms. The Bertz CT molecular complexity index is 1620. The first-order valence-electron chi connectivity index (χ1n) is 10.7. The molecule has 1 saturated heterocycles. The summed E-state index contributed by atoms with van der Waals surface area (Å²) >= 11 is 0. The molecule has 188 valence electrons. The molecule has 1 aliphatic heterocycles. The average molecular weight is 533 g/mol. The Hall–Kier alpha value is -3.98. The van der Waals surface area contributed by atoms with Gasteiger partial charge in [-0.15, -0.1) is 0 Å². The van der Waals surface area contributed by atoms with E-state index in [0.29, 0.717) is 11.0 Å². The Morgan fingerprint density at radius 1 is 1.14 bits per heavy atom. The number of nitrogens with zero attached hydrogens (tertiary/aromatic N) is 3. The van der Waals surface area contributed by atoms with E-state index in [-0.39, 0.29) is 46.6 Å². The van der Waals surface area contributed by atoms with E-state index >= 15 is 0 Å². The number of carbonyl (C=O) groups excluding carboxylic acids is 2. The van der Waals surface area contributed by atoms with Crippen LogP contribution < -0.4 is 14.8 Å². The van der Waals surface area contributed by atoms with Gasteiger partial charge >= 0.3 is 10.1 Å². The first-order valence-corrected chi connectivity index (χ1v) is 13.9. The van der Waals surface area contributed by atoms with Gasteiger partial charge in [0, 0.05) is 12.0 Å². The van der Waals surface area contributed by atoms with Gasteiger partial charge < -0.3 is 9.17 Å². The Kier molecular flexibility index (Phi) is 5.67. The number of carbonyl (C=O) groups is 2. The minimum absolute atomic E-state index is 0.00979. The molecule has 15 heteroatoms. The van der Waals surface area contributed by atoms with Crippen molar-refractivity contribution in [3.63, 3.8) is 0 Å². The molecule has 3 aromatic rings. The number of H-pyrrole nitrogens is 1. The second-order valence-electron chi connectivity index (χ2n) is 8.31. The predicted molar refractivity (Wildman–Crippen MR) is 128 cm³/mol. The molecule has 2 heterocycles. The third kappa shape index (κ3) is 5.01. The molecule has 5 rings (SSSR count). The second-order valence-corrected chi connectivity index (χ2v) is 11.8. The molecule has 1 saturated carbocycles. The zero-order chi connectivity index (χ0) is 25.7. The van der Waals surface area contributed by atoms with E-state index in [9.17, 15) is 26.4 Å². The van der Waals surface area contributed by atoms with Crippen molar-refractivity contribution in [2.45, 2.75) is 17.7 Å². The van der Waals surface area contributed by atoms with Crippen molar-refractivity contribution in [2.24, 2.45) is 10.9 Å². The van der Waals surface area contributed by atoms with E-state index in [1.165, 1.54) is 36.4 Å². The number of imidazole rings is 1. The number of guanidine groups is 1. The first-order chi connectivity index (χ1) is 17.0. The van der Waals surface area contributed by atoms with Crippen molar-refractivity contribution in [1.29, 1.82) is 0 Å². The number of hydrogen-bond acceptors (Lipinski definition) is 9. The summed E-state index contributed by atoms with van der Waals surface area (Å²) in [6.45, 7) is -0.382. The van der Waals surface area contributed by atoms with Crippen LogP contribution in [-0.4, -0.2) is 61.7 Å². The molecule has 1 aliphatic carbocycles. The van der Waals surface area contributed by atoms with Crippen LogP contribution in [0.1, 0.15) is 12.8 Å². The Morgan fingerprint density at radius 2 is 1.86 bits per heavy atom. The summed E-state index contributed by atoms with van der Waals surface area (Å²) in [6.07, 6.45) is 2.65. The van der Waals surface area contributed by atoms with Gasteiger partial charge in [-0.3, -0.25) is 20.2 Å². The highest BCUT2D eigenvalue weighted by molar-refractivity contribution is 7.89. The van der Waals surface area contributed by atoms with E-state index < -0.39 is 26.0 Å². The van der Waals surface area contributed by atoms with Gasteiger partial charge in [0.2, 0.25) is 33.7 Å². The van der Waals surface area contributed by atoms with E-state index in [0.717, 1.165) is 23.4 Å². The SMILES string of the molecule is CS(=O)(=O)N1CC(=O)N/C1=N\c1ccc(S(=O)(=O)Oc2ccc3[nH]c(NC(=O)C4CC4)nc3c2)cc1. The maximum atomic E-state index is 12.8. The normalized spacial score (nSPS) is 17.4. The third-order valence-electron chi connectivity index (χ3n) is 5.39. The highest BCUT2D eigenvalue weighted by atomic mass is 32.2. The Labute approximate surface area is 205 Å². The van der Waals surface area contributed by atoms with Crippen LogP contribution in [0.5, 0.6) is 5.75 Å². The number of sulfonamides is 1. The third-order valence-corrected chi connectivity index (χ3v) is 7.75. The highest BCUT2D eigenvalue weighted by Crippen LogP contribution is 2.30. The summed E-state index contributed by atoms with van der Waals surface area (Å²) < 4.78 is 55.2. The number of anilines is 1. The van der Waals surface area contributed by atoms with E-state index in [1.54, 1.807) is 6.07 Å². The fraction of sp³-hybridized carbons (Fsp3) is 0.238. The summed E-state index contributed by atoms with van der Waals surface area (Å²) in [5.74, 6) is -0.508. The smallest absolute Gasteiger partial charge is 0.339 e. The Balaban J connectivity index is 1.32. The quantitative estimate of drug-likeness (QED) is 0.378. The summed E-state index contributed by atoms with van der Waals surface area (Å²) in [4.78, 5) is 34.7. The monoisotopic (exact) mass is 532 g/mol. The van der Waals surface area contributed by atoms with Gasteiger partial charge in [0.05, 0.1) is 23.0 Å². The van der Waals surface area contributed by atoms with Crippen molar-refractivity contribution >= 4 is 60.6 Å². The van der Waals surface area contributed by atoms with Crippen molar-refractivity contribution in [2.75, 3.05) is 18.1 Å². The summed E-state index contributed by atoms with van der Waals surface area (Å²) in [5, 5.41) is 5.05. The molecule has 3 N–H and O–H groups in total. The number of rotatable bonds is 7. The van der Waals surface area contributed by atoms with Gasteiger partial charge in [-0.1, -0.05) is 0 Å². The van der Waals surface area contributed by atoms with Crippen LogP contribution in [0.25, 0.3) is 11.0 Å². The Morgan fingerprint density at radius 3 is 2.53 bits per heavy atom. The molecule has 36 heavy (non-hydrogen) atoms. The molecule has 1 aromatic heterocycles. The zero-order valence-electron chi connectivity index (χ0n) is 18.8. The van der Waals surface area contributed by atoms with Gasteiger partial charge in [0.25, 0.3) is 0 Å². The number of aromatic nitrogens is 2. The number of fused-ring (bicyclic) bond motifs is 1. The second kappa shape index (κ2) is 8.60. The summed E-state index contributed by atoms with van der Waals surface area (Å²) in [6, 6.07) is 9.65. The highest BCUT2D eigenvalue weighted by Gasteiger charge is 2.32. The summed E-state index contributed by atoms with van der Waals surface area (Å²) in [5.41, 5.74) is 1.23. The topological polar surface area (TPSA) is 180 Å². The molecule has 2 aromatic carbocycles. The molecule has 0 atom stereocenters. The molecule has 2 aliphatic rings. The molecule has 0 unspecified atom stereocenters. The lowest BCUT2D eigenvalue weighted by Gasteiger charge is -2.13. The van der Waals surface area contributed by atoms with Crippen LogP contribution in [0, 0.1) is 5.92 Å². The van der Waals surface area contributed by atoms with Crippen molar-refractivity contribution in [3.05, 3.63) is 42.5 Å². The largest absolute Gasteiger partial charge is 0.379 e. The van der Waals surface area contributed by atoms with E-state index in [1.807, 2.05) is 0 Å². The van der Waals surface area contributed by atoms with E-state index in [2.05, 4.69) is 25.6 Å². The van der Waals surface area contributed by atoms with Crippen LogP contribution >= 0.6 is 0 Å². The molecule has 0 bridgehead atoms. The molecular formula is C21H20N6O7S2. The predicted octanol–water partition coefficient (Wildman–Crippen LogP) is 1.06. The zero-order valence-corrected chi connectivity index (χ0v) is 20.4. The number of aliphatic imine (C=N–C) groups is 1.